The van der Waals surface area contributed by atoms with Crippen LogP contribution in [0.3, 0.4) is 0 Å². The molecule has 35 heavy (non-hydrogen) atoms. The molecule has 0 aromatic heterocycles. The number of rotatable bonds is 7. The monoisotopic (exact) mass is 512 g/mol. The Balaban J connectivity index is 1.31. The van der Waals surface area contributed by atoms with E-state index in [-0.39, 0.29) is 39.2 Å². The molecule has 0 aliphatic carbocycles. The number of nitrogens with one attached hydrogen (secondary N) is 1. The lowest BCUT2D eigenvalue weighted by Gasteiger charge is -2.35. The third kappa shape index (κ3) is 5.81. The number of anilines is 1. The Kier molecular flexibility index (Phi) is 7.12. The van der Waals surface area contributed by atoms with E-state index in [1.807, 2.05) is 6.07 Å². The zero-order valence-electron chi connectivity index (χ0n) is 18.4. The van der Waals surface area contributed by atoms with Crippen LogP contribution >= 0.6 is 0 Å². The number of hydrogen-bond acceptors (Lipinski definition) is 6. The van der Waals surface area contributed by atoms with Crippen LogP contribution in [0.1, 0.15) is 17.5 Å². The highest BCUT2D eigenvalue weighted by molar-refractivity contribution is 7.87. The Morgan fingerprint density at radius 3 is 2.17 bits per heavy atom. The molecule has 2 aromatic carbocycles. The number of amides is 2. The SMILES string of the molecule is O=C1C[C@@H](NS(=O)(=O)N2CCN(c3ccc(C(F)(F)F)cc3)CC2)C(=O)N1OCc1ccccc1. The molecule has 0 bridgehead atoms. The van der Waals surface area contributed by atoms with Crippen molar-refractivity contribution < 1.29 is 36.0 Å². The van der Waals surface area contributed by atoms with E-state index in [9.17, 15) is 31.2 Å². The van der Waals surface area contributed by atoms with Gasteiger partial charge in [-0.15, -0.1) is 0 Å². The average Bonchev–Trinajstić information content (AvgIpc) is 3.09. The average molecular weight is 513 g/mol. The highest BCUT2D eigenvalue weighted by atomic mass is 32.2. The predicted octanol–water partition coefficient (Wildman–Crippen LogP) is 1.92. The molecule has 2 aromatic rings. The van der Waals surface area contributed by atoms with Crippen LogP contribution in [0.5, 0.6) is 0 Å². The first kappa shape index (κ1) is 25.1. The Bertz CT molecular complexity index is 1170. The lowest BCUT2D eigenvalue weighted by atomic mass is 10.2. The third-order valence-corrected chi connectivity index (χ3v) is 7.36. The normalized spacial score (nSPS) is 20.0. The van der Waals surface area contributed by atoms with Crippen LogP contribution in [-0.2, 0) is 37.4 Å². The van der Waals surface area contributed by atoms with Crippen LogP contribution in [0.2, 0.25) is 0 Å². The summed E-state index contributed by atoms with van der Waals surface area (Å²) in [6.07, 6.45) is -4.80. The van der Waals surface area contributed by atoms with Crippen molar-refractivity contribution in [3.05, 3.63) is 65.7 Å². The highest BCUT2D eigenvalue weighted by Crippen LogP contribution is 2.30. The van der Waals surface area contributed by atoms with Crippen molar-refractivity contribution in [2.24, 2.45) is 0 Å². The molecule has 0 spiro atoms. The molecule has 1 atom stereocenters. The van der Waals surface area contributed by atoms with Crippen molar-refractivity contribution in [1.82, 2.24) is 14.1 Å². The van der Waals surface area contributed by atoms with Gasteiger partial charge in [-0.1, -0.05) is 30.3 Å². The summed E-state index contributed by atoms with van der Waals surface area (Å²) in [7, 11) is -4.09. The zero-order valence-corrected chi connectivity index (χ0v) is 19.3. The van der Waals surface area contributed by atoms with Gasteiger partial charge in [0.25, 0.3) is 22.0 Å². The third-order valence-electron chi connectivity index (χ3n) is 5.74. The quantitative estimate of drug-likeness (QED) is 0.570. The summed E-state index contributed by atoms with van der Waals surface area (Å²) in [4.78, 5) is 31.9. The summed E-state index contributed by atoms with van der Waals surface area (Å²) in [5.41, 5.74) is 0.526. The fraction of sp³-hybridized carbons (Fsp3) is 0.364. The van der Waals surface area contributed by atoms with Gasteiger partial charge in [-0.05, 0) is 29.8 Å². The number of benzene rings is 2. The van der Waals surface area contributed by atoms with E-state index in [2.05, 4.69) is 4.72 Å². The lowest BCUT2D eigenvalue weighted by molar-refractivity contribution is -0.191. The van der Waals surface area contributed by atoms with Gasteiger partial charge in [-0.3, -0.25) is 14.4 Å². The molecular formula is C22H23F3N4O5S. The molecule has 0 radical (unpaired) electrons. The molecule has 2 amide bonds. The summed E-state index contributed by atoms with van der Waals surface area (Å²) in [5, 5.41) is 0.586. The minimum atomic E-state index is -4.43. The summed E-state index contributed by atoms with van der Waals surface area (Å²) in [6, 6.07) is 12.3. The second-order valence-corrected chi connectivity index (χ2v) is 9.80. The Morgan fingerprint density at radius 1 is 0.943 bits per heavy atom. The van der Waals surface area contributed by atoms with Gasteiger partial charge in [0.1, 0.15) is 12.6 Å². The molecule has 1 N–H and O–H groups in total. The van der Waals surface area contributed by atoms with Crippen molar-refractivity contribution in [3.63, 3.8) is 0 Å². The number of carbonyl (C=O) groups is 2. The van der Waals surface area contributed by atoms with Crippen molar-refractivity contribution in [3.8, 4) is 0 Å². The first-order chi connectivity index (χ1) is 16.5. The molecule has 9 nitrogen and oxygen atoms in total. The molecule has 2 saturated heterocycles. The smallest absolute Gasteiger partial charge is 0.369 e. The van der Waals surface area contributed by atoms with E-state index in [4.69, 9.17) is 4.84 Å². The van der Waals surface area contributed by atoms with Gasteiger partial charge in [0.05, 0.1) is 12.0 Å². The van der Waals surface area contributed by atoms with Crippen LogP contribution in [-0.4, -0.2) is 61.8 Å². The zero-order chi connectivity index (χ0) is 25.2. The Morgan fingerprint density at radius 2 is 1.57 bits per heavy atom. The number of nitrogens with zero attached hydrogens (tertiary/aromatic N) is 3. The van der Waals surface area contributed by atoms with Gasteiger partial charge < -0.3 is 4.90 Å². The van der Waals surface area contributed by atoms with Crippen molar-refractivity contribution >= 4 is 27.7 Å². The van der Waals surface area contributed by atoms with Crippen molar-refractivity contribution in [1.29, 1.82) is 0 Å². The van der Waals surface area contributed by atoms with Gasteiger partial charge in [-0.25, -0.2) is 0 Å². The molecule has 13 heteroatoms. The van der Waals surface area contributed by atoms with E-state index < -0.39 is 39.8 Å². The van der Waals surface area contributed by atoms with E-state index >= 15 is 0 Å². The number of alkyl halides is 3. The van der Waals surface area contributed by atoms with Gasteiger partial charge in [0, 0.05) is 31.9 Å². The van der Waals surface area contributed by atoms with Gasteiger partial charge in [0.2, 0.25) is 0 Å². The summed E-state index contributed by atoms with van der Waals surface area (Å²) < 4.78 is 67.3. The fourth-order valence-electron chi connectivity index (χ4n) is 3.85. The van der Waals surface area contributed by atoms with E-state index in [1.54, 1.807) is 29.2 Å². The number of imide groups is 1. The van der Waals surface area contributed by atoms with Crippen molar-refractivity contribution in [2.45, 2.75) is 25.2 Å². The van der Waals surface area contributed by atoms with E-state index in [0.29, 0.717) is 10.8 Å². The summed E-state index contributed by atoms with van der Waals surface area (Å²) >= 11 is 0. The molecule has 2 aliphatic heterocycles. The van der Waals surface area contributed by atoms with Crippen LogP contribution in [0.4, 0.5) is 18.9 Å². The van der Waals surface area contributed by atoms with Crippen LogP contribution in [0.15, 0.2) is 54.6 Å². The first-order valence-electron chi connectivity index (χ1n) is 10.8. The number of hydroxylamine groups is 2. The van der Waals surface area contributed by atoms with Crippen LogP contribution in [0, 0.1) is 0 Å². The number of carbonyl (C=O) groups excluding carboxylic acids is 2. The number of piperazine rings is 1. The highest BCUT2D eigenvalue weighted by Gasteiger charge is 2.43. The molecular weight excluding hydrogens is 489 g/mol. The minimum Gasteiger partial charge on any atom is -0.369 e. The maximum atomic E-state index is 12.8. The lowest BCUT2D eigenvalue weighted by Crippen LogP contribution is -2.54. The molecule has 2 aliphatic rings. The molecule has 4 rings (SSSR count). The standard InChI is InChI=1S/C22H23F3N4O5S/c23-22(24,25)17-6-8-18(9-7-17)27-10-12-28(13-11-27)35(32,33)26-19-14-20(30)29(21(19)31)34-15-16-4-2-1-3-5-16/h1-9,19,26H,10-15H2/t19-/m1/s1. The molecule has 2 fully saturated rings. The summed E-state index contributed by atoms with van der Waals surface area (Å²) in [6.45, 7) is 0.578. The van der Waals surface area contributed by atoms with Crippen LogP contribution in [0.25, 0.3) is 0 Å². The second kappa shape index (κ2) is 9.93. The predicted molar refractivity (Wildman–Crippen MR) is 119 cm³/mol. The van der Waals surface area contributed by atoms with Gasteiger partial charge >= 0.3 is 6.18 Å². The molecule has 0 unspecified atom stereocenters. The topological polar surface area (TPSA) is 99.3 Å². The fourth-order valence-corrected chi connectivity index (χ4v) is 5.19. The Hall–Kier alpha value is -3.00. The summed E-state index contributed by atoms with van der Waals surface area (Å²) in [5.74, 6) is -1.44. The van der Waals surface area contributed by atoms with Crippen LogP contribution < -0.4 is 9.62 Å². The molecule has 0 saturated carbocycles. The van der Waals surface area contributed by atoms with Gasteiger partial charge in [0.15, 0.2) is 0 Å². The van der Waals surface area contributed by atoms with Crippen molar-refractivity contribution in [2.75, 3.05) is 31.1 Å². The largest absolute Gasteiger partial charge is 0.416 e. The first-order valence-corrected chi connectivity index (χ1v) is 12.2. The second-order valence-electron chi connectivity index (χ2n) is 8.10. The molecule has 2 heterocycles. The molecule has 188 valence electrons. The maximum absolute atomic E-state index is 12.8. The number of halogens is 3. The Labute approximate surface area is 200 Å². The van der Waals surface area contributed by atoms with E-state index in [1.165, 1.54) is 12.1 Å². The maximum Gasteiger partial charge on any atom is 0.416 e. The van der Waals surface area contributed by atoms with E-state index in [0.717, 1.165) is 22.0 Å². The number of hydrogen-bond donors (Lipinski definition) is 1. The van der Waals surface area contributed by atoms with Gasteiger partial charge in [-0.2, -0.15) is 35.7 Å². The minimum absolute atomic E-state index is 0.0241.